The second-order valence-electron chi connectivity index (χ2n) is 4.39. The molecule has 0 bridgehead atoms. The van der Waals surface area contributed by atoms with Crippen LogP contribution in [-0.4, -0.2) is 41.7 Å². The molecule has 5 heteroatoms. The van der Waals surface area contributed by atoms with Crippen LogP contribution < -0.4 is 5.32 Å². The minimum Gasteiger partial charge on any atom is -0.467 e. The van der Waals surface area contributed by atoms with Gasteiger partial charge >= 0.3 is 0 Å². The Balaban J connectivity index is 1.70. The largest absolute Gasteiger partial charge is 0.467 e. The molecule has 5 nitrogen and oxygen atoms in total. The van der Waals surface area contributed by atoms with Crippen LogP contribution in [0.5, 0.6) is 0 Å². The summed E-state index contributed by atoms with van der Waals surface area (Å²) in [7, 11) is 0. The molecular weight excluding hydrogens is 220 g/mol. The first-order valence-electron chi connectivity index (χ1n) is 5.93. The van der Waals surface area contributed by atoms with Crippen molar-refractivity contribution in [3.8, 4) is 0 Å². The highest BCUT2D eigenvalue weighted by atomic mass is 16.3. The number of rotatable bonds is 4. The number of likely N-dealkylation sites (tertiary alicyclic amines) is 1. The van der Waals surface area contributed by atoms with Crippen molar-refractivity contribution in [2.45, 2.75) is 25.5 Å². The number of carbonyl (C=O) groups excluding carboxylic acids is 1. The Kier molecular flexibility index (Phi) is 4.17. The van der Waals surface area contributed by atoms with Crippen molar-refractivity contribution < 1.29 is 14.3 Å². The Bertz CT molecular complexity index is 351. The van der Waals surface area contributed by atoms with Crippen molar-refractivity contribution in [2.75, 3.05) is 19.6 Å². The predicted molar refractivity (Wildman–Crippen MR) is 62.2 cm³/mol. The van der Waals surface area contributed by atoms with Crippen molar-refractivity contribution >= 4 is 5.91 Å². The molecule has 1 aromatic rings. The lowest BCUT2D eigenvalue weighted by Gasteiger charge is -2.29. The molecule has 2 rings (SSSR count). The zero-order chi connectivity index (χ0) is 12.1. The summed E-state index contributed by atoms with van der Waals surface area (Å²) in [4.78, 5) is 13.6. The van der Waals surface area contributed by atoms with E-state index in [1.165, 1.54) is 0 Å². The number of nitrogens with zero attached hydrogens (tertiary/aromatic N) is 1. The zero-order valence-corrected chi connectivity index (χ0v) is 9.76. The van der Waals surface area contributed by atoms with Gasteiger partial charge in [-0.3, -0.25) is 9.69 Å². The summed E-state index contributed by atoms with van der Waals surface area (Å²) in [6.07, 6.45) is 3.08. The summed E-state index contributed by atoms with van der Waals surface area (Å²) >= 11 is 0. The number of piperidine rings is 1. The van der Waals surface area contributed by atoms with Crippen molar-refractivity contribution in [1.82, 2.24) is 10.2 Å². The molecule has 0 radical (unpaired) electrons. The number of aliphatic hydroxyl groups is 1. The summed E-state index contributed by atoms with van der Waals surface area (Å²) in [5.41, 5.74) is 0. The van der Waals surface area contributed by atoms with E-state index in [2.05, 4.69) is 5.32 Å². The van der Waals surface area contributed by atoms with Crippen LogP contribution in [0.1, 0.15) is 18.6 Å². The third-order valence-corrected chi connectivity index (χ3v) is 2.89. The molecular formula is C12H18N2O3. The summed E-state index contributed by atoms with van der Waals surface area (Å²) in [5.74, 6) is 0.715. The molecule has 0 unspecified atom stereocenters. The van der Waals surface area contributed by atoms with E-state index >= 15 is 0 Å². The van der Waals surface area contributed by atoms with Crippen LogP contribution in [0.2, 0.25) is 0 Å². The van der Waals surface area contributed by atoms with Gasteiger partial charge in [-0.05, 0) is 31.5 Å². The lowest BCUT2D eigenvalue weighted by molar-refractivity contribution is -0.123. The minimum absolute atomic E-state index is 0.0319. The fourth-order valence-corrected chi connectivity index (χ4v) is 2.03. The van der Waals surface area contributed by atoms with Crippen molar-refractivity contribution in [3.05, 3.63) is 24.2 Å². The second-order valence-corrected chi connectivity index (χ2v) is 4.39. The molecule has 0 saturated carbocycles. The SMILES string of the molecule is O=C(CN1CCC[C@H](O)C1)NCc1ccco1. The van der Waals surface area contributed by atoms with Crippen LogP contribution in [0.3, 0.4) is 0 Å². The van der Waals surface area contributed by atoms with Gasteiger partial charge in [0.25, 0.3) is 0 Å². The third kappa shape index (κ3) is 3.87. The highest BCUT2D eigenvalue weighted by Gasteiger charge is 2.19. The topological polar surface area (TPSA) is 65.7 Å². The molecule has 0 aromatic carbocycles. The number of β-amino-alcohol motifs (C(OH)–C–C–N with tert-alkyl or cyclic N) is 1. The quantitative estimate of drug-likeness (QED) is 0.794. The van der Waals surface area contributed by atoms with Crippen molar-refractivity contribution in [3.63, 3.8) is 0 Å². The van der Waals surface area contributed by atoms with Crippen LogP contribution in [0, 0.1) is 0 Å². The van der Waals surface area contributed by atoms with Gasteiger partial charge in [0.15, 0.2) is 0 Å². The molecule has 1 aromatic heterocycles. The van der Waals surface area contributed by atoms with E-state index in [1.54, 1.807) is 12.3 Å². The van der Waals surface area contributed by atoms with Gasteiger partial charge in [0.2, 0.25) is 5.91 Å². The molecule has 1 amide bonds. The smallest absolute Gasteiger partial charge is 0.234 e. The second kappa shape index (κ2) is 5.84. The van der Waals surface area contributed by atoms with Gasteiger partial charge in [-0.1, -0.05) is 0 Å². The number of aliphatic hydroxyl groups excluding tert-OH is 1. The maximum atomic E-state index is 11.6. The molecule has 94 valence electrons. The molecule has 1 aliphatic heterocycles. The first-order valence-corrected chi connectivity index (χ1v) is 5.93. The van der Waals surface area contributed by atoms with E-state index in [4.69, 9.17) is 4.42 Å². The monoisotopic (exact) mass is 238 g/mol. The van der Waals surface area contributed by atoms with Gasteiger partial charge in [0.05, 0.1) is 25.5 Å². The molecule has 2 heterocycles. The van der Waals surface area contributed by atoms with Gasteiger partial charge in [0, 0.05) is 6.54 Å². The molecule has 0 spiro atoms. The number of furan rings is 1. The zero-order valence-electron chi connectivity index (χ0n) is 9.76. The summed E-state index contributed by atoms with van der Waals surface area (Å²) in [6, 6.07) is 3.62. The highest BCUT2D eigenvalue weighted by Crippen LogP contribution is 2.08. The Hall–Kier alpha value is -1.33. The molecule has 0 aliphatic carbocycles. The minimum atomic E-state index is -0.290. The predicted octanol–water partition coefficient (Wildman–Crippen LogP) is 0.353. The average molecular weight is 238 g/mol. The van der Waals surface area contributed by atoms with Crippen molar-refractivity contribution in [2.24, 2.45) is 0 Å². The molecule has 1 saturated heterocycles. The maximum absolute atomic E-state index is 11.6. The van der Waals surface area contributed by atoms with Crippen LogP contribution in [-0.2, 0) is 11.3 Å². The lowest BCUT2D eigenvalue weighted by atomic mass is 10.1. The normalized spacial score (nSPS) is 21.4. The van der Waals surface area contributed by atoms with Gasteiger partial charge in [0.1, 0.15) is 5.76 Å². The summed E-state index contributed by atoms with van der Waals surface area (Å²) in [5, 5.41) is 12.3. The molecule has 17 heavy (non-hydrogen) atoms. The molecule has 2 N–H and O–H groups in total. The van der Waals surface area contributed by atoms with Crippen LogP contribution in [0.15, 0.2) is 22.8 Å². The van der Waals surface area contributed by atoms with Gasteiger partial charge in [-0.25, -0.2) is 0 Å². The number of amides is 1. The Morgan fingerprint density at radius 2 is 2.53 bits per heavy atom. The Morgan fingerprint density at radius 3 is 3.24 bits per heavy atom. The third-order valence-electron chi connectivity index (χ3n) is 2.89. The average Bonchev–Trinajstić information content (AvgIpc) is 2.79. The standard InChI is InChI=1S/C12H18N2O3/c15-10-3-1-5-14(8-10)9-12(16)13-7-11-4-2-6-17-11/h2,4,6,10,15H,1,3,5,7-9H2,(H,13,16)/t10-/m0/s1. The number of nitrogens with one attached hydrogen (secondary N) is 1. The number of hydrogen-bond donors (Lipinski definition) is 2. The molecule has 1 atom stereocenters. The lowest BCUT2D eigenvalue weighted by Crippen LogP contribution is -2.44. The van der Waals surface area contributed by atoms with E-state index in [1.807, 2.05) is 11.0 Å². The van der Waals surface area contributed by atoms with Gasteiger partial charge < -0.3 is 14.8 Å². The van der Waals surface area contributed by atoms with E-state index in [-0.39, 0.29) is 12.0 Å². The van der Waals surface area contributed by atoms with Crippen LogP contribution in [0.4, 0.5) is 0 Å². The number of carbonyl (C=O) groups is 1. The van der Waals surface area contributed by atoms with Crippen molar-refractivity contribution in [1.29, 1.82) is 0 Å². The Labute approximate surface area is 100 Å². The number of hydrogen-bond acceptors (Lipinski definition) is 4. The van der Waals surface area contributed by atoms with E-state index in [0.717, 1.165) is 25.1 Å². The summed E-state index contributed by atoms with van der Waals surface area (Å²) in [6.45, 7) is 2.24. The van der Waals surface area contributed by atoms with E-state index in [0.29, 0.717) is 19.6 Å². The molecule has 1 fully saturated rings. The Morgan fingerprint density at radius 1 is 1.65 bits per heavy atom. The van der Waals surface area contributed by atoms with Gasteiger partial charge in [-0.15, -0.1) is 0 Å². The maximum Gasteiger partial charge on any atom is 0.234 e. The van der Waals surface area contributed by atoms with E-state index in [9.17, 15) is 9.90 Å². The fourth-order valence-electron chi connectivity index (χ4n) is 2.03. The first kappa shape index (κ1) is 12.1. The first-order chi connectivity index (χ1) is 8.24. The van der Waals surface area contributed by atoms with Crippen LogP contribution in [0.25, 0.3) is 0 Å². The summed E-state index contributed by atoms with van der Waals surface area (Å²) < 4.78 is 5.12. The fraction of sp³-hybridized carbons (Fsp3) is 0.583. The highest BCUT2D eigenvalue weighted by molar-refractivity contribution is 5.77. The molecule has 1 aliphatic rings. The van der Waals surface area contributed by atoms with E-state index < -0.39 is 0 Å². The van der Waals surface area contributed by atoms with Gasteiger partial charge in [-0.2, -0.15) is 0 Å². The van der Waals surface area contributed by atoms with Crippen LogP contribution >= 0.6 is 0 Å².